The van der Waals surface area contributed by atoms with Gasteiger partial charge >= 0.3 is 11.7 Å². The van der Waals surface area contributed by atoms with E-state index in [9.17, 15) is 19.3 Å². The number of hydrogen-bond donors (Lipinski definition) is 3. The molecule has 1 aromatic heterocycles. The average Bonchev–Trinajstić information content (AvgIpc) is 2.34. The molecular formula is C8H11N5O5. The fourth-order valence-corrected chi connectivity index (χ4v) is 1.04. The number of nitroso groups, excluding NO2 is 1. The van der Waals surface area contributed by atoms with E-state index in [-0.39, 0.29) is 18.8 Å². The van der Waals surface area contributed by atoms with E-state index < -0.39 is 17.3 Å². The number of ether oxygens (including phenoxy) is 1. The Morgan fingerprint density at radius 3 is 2.83 bits per heavy atom. The Bertz CT molecular complexity index is 535. The molecule has 0 unspecified atom stereocenters. The molecule has 1 rings (SSSR count). The monoisotopic (exact) mass is 257 g/mol. The summed E-state index contributed by atoms with van der Waals surface area (Å²) in [6.07, 6.45) is 1.01. The Balaban J connectivity index is 2.76. The number of hydrogen-bond acceptors (Lipinski definition) is 6. The Labute approximate surface area is 99.9 Å². The smallest absolute Gasteiger partial charge is 0.345 e. The molecule has 0 saturated heterocycles. The number of methoxy groups -OCH3 is 1. The summed E-state index contributed by atoms with van der Waals surface area (Å²) >= 11 is 0. The molecule has 98 valence electrons. The van der Waals surface area contributed by atoms with Crippen molar-refractivity contribution in [3.8, 4) is 0 Å². The minimum Gasteiger partial charge on any atom is -0.383 e. The Morgan fingerprint density at radius 2 is 2.28 bits per heavy atom. The van der Waals surface area contributed by atoms with Crippen molar-refractivity contribution in [3.05, 3.63) is 31.9 Å². The highest BCUT2D eigenvalue weighted by molar-refractivity contribution is 5.88. The summed E-state index contributed by atoms with van der Waals surface area (Å²) in [7, 11) is 1.40. The van der Waals surface area contributed by atoms with Gasteiger partial charge in [0.2, 0.25) is 0 Å². The number of urea groups is 1. The third-order valence-corrected chi connectivity index (χ3v) is 1.90. The maximum absolute atomic E-state index is 11.5. The molecule has 0 aliphatic rings. The zero-order valence-corrected chi connectivity index (χ0v) is 9.43. The van der Waals surface area contributed by atoms with E-state index in [2.05, 4.69) is 20.3 Å². The van der Waals surface area contributed by atoms with E-state index in [1.165, 1.54) is 7.11 Å². The molecule has 3 N–H and O–H groups in total. The van der Waals surface area contributed by atoms with Gasteiger partial charge < -0.3 is 15.0 Å². The van der Waals surface area contributed by atoms with Gasteiger partial charge in [-0.2, -0.15) is 5.01 Å². The van der Waals surface area contributed by atoms with Crippen molar-refractivity contribution in [3.63, 3.8) is 0 Å². The van der Waals surface area contributed by atoms with Gasteiger partial charge in [0.1, 0.15) is 5.69 Å². The predicted octanol–water partition coefficient (Wildman–Crippen LogP) is -0.775. The molecule has 0 radical (unpaired) electrons. The molecule has 0 atom stereocenters. The van der Waals surface area contributed by atoms with Gasteiger partial charge in [-0.3, -0.25) is 9.78 Å². The van der Waals surface area contributed by atoms with Crippen LogP contribution in [0.5, 0.6) is 0 Å². The number of carbonyl (C=O) groups is 1. The highest BCUT2D eigenvalue weighted by atomic mass is 16.5. The molecule has 10 nitrogen and oxygen atoms in total. The second-order valence-corrected chi connectivity index (χ2v) is 3.11. The standard InChI is InChI=1S/C8H11N5O5/c1-18-3-2-13(12-17)8(16)10-5-4-9-7(15)11-6(5)14/h4H,2-3H2,1H3,(H,10,16)(H2,9,11,14,15). The van der Waals surface area contributed by atoms with E-state index in [0.29, 0.717) is 5.01 Å². The first-order valence-corrected chi connectivity index (χ1v) is 4.81. The van der Waals surface area contributed by atoms with Crippen molar-refractivity contribution in [2.45, 2.75) is 0 Å². The SMILES string of the molecule is COCCN(N=O)C(=O)Nc1c[nH]c(=O)[nH]c1=O. The molecule has 2 amide bonds. The first-order valence-electron chi connectivity index (χ1n) is 4.81. The fourth-order valence-electron chi connectivity index (χ4n) is 1.04. The molecule has 0 bridgehead atoms. The zero-order chi connectivity index (χ0) is 13.5. The lowest BCUT2D eigenvalue weighted by Crippen LogP contribution is -2.35. The van der Waals surface area contributed by atoms with Crippen LogP contribution in [0.2, 0.25) is 0 Å². The van der Waals surface area contributed by atoms with Crippen LogP contribution in [0.1, 0.15) is 0 Å². The molecule has 10 heteroatoms. The molecule has 0 aliphatic carbocycles. The van der Waals surface area contributed by atoms with Gasteiger partial charge in [0.25, 0.3) is 5.56 Å². The topological polar surface area (TPSA) is 137 Å². The zero-order valence-electron chi connectivity index (χ0n) is 9.43. The van der Waals surface area contributed by atoms with E-state index in [1.54, 1.807) is 0 Å². The van der Waals surface area contributed by atoms with Crippen molar-refractivity contribution in [2.75, 3.05) is 25.6 Å². The first-order chi connectivity index (χ1) is 8.58. The molecule has 0 aromatic carbocycles. The van der Waals surface area contributed by atoms with Gasteiger partial charge in [0, 0.05) is 13.3 Å². The fraction of sp³-hybridized carbons (Fsp3) is 0.375. The van der Waals surface area contributed by atoms with Gasteiger partial charge in [-0.15, -0.1) is 4.91 Å². The van der Waals surface area contributed by atoms with Gasteiger partial charge in [-0.25, -0.2) is 9.59 Å². The van der Waals surface area contributed by atoms with Crippen molar-refractivity contribution in [1.29, 1.82) is 0 Å². The Morgan fingerprint density at radius 1 is 1.56 bits per heavy atom. The van der Waals surface area contributed by atoms with E-state index in [1.807, 2.05) is 4.98 Å². The largest absolute Gasteiger partial charge is 0.383 e. The molecule has 0 aliphatic heterocycles. The molecule has 0 saturated carbocycles. The average molecular weight is 257 g/mol. The van der Waals surface area contributed by atoms with E-state index in [4.69, 9.17) is 0 Å². The summed E-state index contributed by atoms with van der Waals surface area (Å²) in [6, 6.07) is -0.903. The number of rotatable bonds is 5. The highest BCUT2D eigenvalue weighted by Crippen LogP contribution is 1.98. The summed E-state index contributed by atoms with van der Waals surface area (Å²) in [6.45, 7) is 0.0498. The summed E-state index contributed by atoms with van der Waals surface area (Å²) in [5.74, 6) is 0. The third-order valence-electron chi connectivity index (χ3n) is 1.90. The Hall–Kier alpha value is -2.49. The molecule has 0 fully saturated rings. The highest BCUT2D eigenvalue weighted by Gasteiger charge is 2.15. The normalized spacial score (nSPS) is 9.83. The van der Waals surface area contributed by atoms with Crippen LogP contribution in [0.15, 0.2) is 21.1 Å². The van der Waals surface area contributed by atoms with Crippen LogP contribution in [0.25, 0.3) is 0 Å². The van der Waals surface area contributed by atoms with Crippen molar-refractivity contribution < 1.29 is 9.53 Å². The quantitative estimate of drug-likeness (QED) is 0.469. The minimum absolute atomic E-state index is 0.0624. The van der Waals surface area contributed by atoms with Crippen molar-refractivity contribution in [1.82, 2.24) is 15.0 Å². The summed E-state index contributed by atoms with van der Waals surface area (Å²) in [5, 5.41) is 5.15. The third kappa shape index (κ3) is 3.52. The van der Waals surface area contributed by atoms with Crippen molar-refractivity contribution >= 4 is 11.7 Å². The van der Waals surface area contributed by atoms with Crippen LogP contribution < -0.4 is 16.6 Å². The summed E-state index contributed by atoms with van der Waals surface area (Å²) < 4.78 is 4.68. The van der Waals surface area contributed by atoms with Crippen LogP contribution >= 0.6 is 0 Å². The molecule has 0 spiro atoms. The molecular weight excluding hydrogens is 246 g/mol. The Kier molecular flexibility index (Phi) is 4.75. The van der Waals surface area contributed by atoms with Crippen LogP contribution in [-0.4, -0.2) is 41.3 Å². The summed E-state index contributed by atoms with van der Waals surface area (Å²) in [5.41, 5.74) is -1.70. The maximum Gasteiger partial charge on any atom is 0.345 e. The lowest BCUT2D eigenvalue weighted by atomic mass is 10.5. The number of aromatic nitrogens is 2. The minimum atomic E-state index is -0.903. The number of anilines is 1. The first kappa shape index (κ1) is 13.6. The lowest BCUT2D eigenvalue weighted by Gasteiger charge is -2.12. The maximum atomic E-state index is 11.5. The van der Waals surface area contributed by atoms with Crippen molar-refractivity contribution in [2.24, 2.45) is 5.29 Å². The second kappa shape index (κ2) is 6.30. The predicted molar refractivity (Wildman–Crippen MR) is 61.1 cm³/mol. The number of aromatic amines is 2. The number of nitrogens with zero attached hydrogens (tertiary/aromatic N) is 2. The van der Waals surface area contributed by atoms with Crippen LogP contribution in [0, 0.1) is 4.91 Å². The lowest BCUT2D eigenvalue weighted by molar-refractivity contribution is 0.156. The number of amides is 2. The van der Waals surface area contributed by atoms with E-state index >= 15 is 0 Å². The van der Waals surface area contributed by atoms with Gasteiger partial charge in [-0.05, 0) is 0 Å². The summed E-state index contributed by atoms with van der Waals surface area (Å²) in [4.78, 5) is 48.0. The molecule has 18 heavy (non-hydrogen) atoms. The van der Waals surface area contributed by atoms with E-state index in [0.717, 1.165) is 6.20 Å². The van der Waals surface area contributed by atoms with Crippen LogP contribution in [0.3, 0.4) is 0 Å². The molecule has 1 aromatic rings. The number of nitrogens with one attached hydrogen (secondary N) is 3. The van der Waals surface area contributed by atoms with Gasteiger partial charge in [0.05, 0.1) is 18.4 Å². The second-order valence-electron chi connectivity index (χ2n) is 3.11. The number of H-pyrrole nitrogens is 2. The number of carbonyl (C=O) groups excluding carboxylic acids is 1. The van der Waals surface area contributed by atoms with Gasteiger partial charge in [0.15, 0.2) is 0 Å². The molecule has 1 heterocycles. The van der Waals surface area contributed by atoms with Crippen LogP contribution in [-0.2, 0) is 4.74 Å². The van der Waals surface area contributed by atoms with Crippen LogP contribution in [0.4, 0.5) is 10.5 Å². The van der Waals surface area contributed by atoms with Gasteiger partial charge in [-0.1, -0.05) is 0 Å².